The van der Waals surface area contributed by atoms with Crippen LogP contribution in [-0.4, -0.2) is 12.4 Å². The molecule has 15 heavy (non-hydrogen) atoms. The second-order valence-corrected chi connectivity index (χ2v) is 2.94. The van der Waals surface area contributed by atoms with E-state index < -0.39 is 6.61 Å². The van der Waals surface area contributed by atoms with Gasteiger partial charge in [-0.05, 0) is 24.6 Å². The fourth-order valence-corrected chi connectivity index (χ4v) is 1.04. The first-order chi connectivity index (χ1) is 7.00. The zero-order chi connectivity index (χ0) is 11.4. The number of benzene rings is 1. The van der Waals surface area contributed by atoms with Crippen molar-refractivity contribution in [3.8, 4) is 5.75 Å². The van der Waals surface area contributed by atoms with Crippen LogP contribution < -0.4 is 4.74 Å². The number of ketones is 1. The number of hydrogen-bond donors (Lipinski definition) is 0. The van der Waals surface area contributed by atoms with E-state index in [0.29, 0.717) is 11.1 Å². The molecule has 0 heterocycles. The van der Waals surface area contributed by atoms with Gasteiger partial charge in [0, 0.05) is 5.57 Å². The van der Waals surface area contributed by atoms with E-state index in [0.717, 1.165) is 0 Å². The van der Waals surface area contributed by atoms with Gasteiger partial charge in [0.25, 0.3) is 0 Å². The molecular formula is C11H10F2O2. The molecule has 0 saturated carbocycles. The predicted octanol–water partition coefficient (Wildman–Crippen LogP) is 2.89. The molecule has 0 aliphatic rings. The van der Waals surface area contributed by atoms with E-state index in [1.54, 1.807) is 0 Å². The summed E-state index contributed by atoms with van der Waals surface area (Å²) in [4.78, 5) is 11.0. The van der Waals surface area contributed by atoms with Crippen LogP contribution in [0.3, 0.4) is 0 Å². The van der Waals surface area contributed by atoms with Crippen molar-refractivity contribution in [1.29, 1.82) is 0 Å². The zero-order valence-electron chi connectivity index (χ0n) is 8.17. The van der Waals surface area contributed by atoms with Crippen molar-refractivity contribution in [3.05, 3.63) is 36.4 Å². The van der Waals surface area contributed by atoms with Crippen molar-refractivity contribution < 1.29 is 18.3 Å². The number of allylic oxidation sites excluding steroid dienone is 1. The third-order valence-electron chi connectivity index (χ3n) is 1.85. The van der Waals surface area contributed by atoms with Crippen molar-refractivity contribution in [2.75, 3.05) is 0 Å². The van der Waals surface area contributed by atoms with Gasteiger partial charge in [-0.15, -0.1) is 0 Å². The normalized spacial score (nSPS) is 10.1. The third kappa shape index (κ3) is 3.16. The van der Waals surface area contributed by atoms with Crippen molar-refractivity contribution in [1.82, 2.24) is 0 Å². The van der Waals surface area contributed by atoms with E-state index in [-0.39, 0.29) is 11.5 Å². The maximum atomic E-state index is 11.8. The first-order valence-electron chi connectivity index (χ1n) is 4.26. The highest BCUT2D eigenvalue weighted by Crippen LogP contribution is 2.19. The summed E-state index contributed by atoms with van der Waals surface area (Å²) >= 11 is 0. The summed E-state index contributed by atoms with van der Waals surface area (Å²) in [6.07, 6.45) is 0. The number of alkyl halides is 2. The van der Waals surface area contributed by atoms with Gasteiger partial charge in [0.15, 0.2) is 5.78 Å². The lowest BCUT2D eigenvalue weighted by atomic mass is 10.0. The lowest BCUT2D eigenvalue weighted by molar-refractivity contribution is -0.111. The minimum atomic E-state index is -2.84. The standard InChI is InChI=1S/C11H10F2O2/c1-7(8(2)14)9-3-5-10(6-4-9)15-11(12)13/h3-6,11H,1H2,2H3. The van der Waals surface area contributed by atoms with Gasteiger partial charge in [-0.1, -0.05) is 18.7 Å². The van der Waals surface area contributed by atoms with Crippen LogP contribution in [0.15, 0.2) is 30.8 Å². The summed E-state index contributed by atoms with van der Waals surface area (Å²) in [6.45, 7) is 2.13. The molecule has 0 bridgehead atoms. The Balaban J connectivity index is 2.81. The largest absolute Gasteiger partial charge is 0.435 e. The number of rotatable bonds is 4. The maximum absolute atomic E-state index is 11.8. The van der Waals surface area contributed by atoms with Gasteiger partial charge in [-0.3, -0.25) is 4.79 Å². The number of hydrogen-bond acceptors (Lipinski definition) is 2. The highest BCUT2D eigenvalue weighted by Gasteiger charge is 2.06. The van der Waals surface area contributed by atoms with Crippen molar-refractivity contribution in [2.24, 2.45) is 0 Å². The summed E-state index contributed by atoms with van der Waals surface area (Å²) in [5, 5.41) is 0. The molecule has 0 aromatic heterocycles. The minimum absolute atomic E-state index is 0.0603. The zero-order valence-corrected chi connectivity index (χ0v) is 8.17. The molecule has 80 valence electrons. The molecule has 0 fully saturated rings. The second-order valence-electron chi connectivity index (χ2n) is 2.94. The van der Waals surface area contributed by atoms with Gasteiger partial charge in [-0.25, -0.2) is 0 Å². The highest BCUT2D eigenvalue weighted by molar-refractivity contribution is 6.18. The van der Waals surface area contributed by atoms with Gasteiger partial charge in [0.1, 0.15) is 5.75 Å². The molecule has 0 aliphatic heterocycles. The van der Waals surface area contributed by atoms with Crippen LogP contribution in [0.2, 0.25) is 0 Å². The lowest BCUT2D eigenvalue weighted by Crippen LogP contribution is -2.02. The predicted molar refractivity (Wildman–Crippen MR) is 52.8 cm³/mol. The summed E-state index contributed by atoms with van der Waals surface area (Å²) in [6, 6.07) is 5.77. The van der Waals surface area contributed by atoms with Crippen LogP contribution in [0, 0.1) is 0 Å². The first kappa shape index (κ1) is 11.4. The third-order valence-corrected chi connectivity index (χ3v) is 1.85. The fourth-order valence-electron chi connectivity index (χ4n) is 1.04. The number of carbonyl (C=O) groups is 1. The van der Waals surface area contributed by atoms with E-state index in [9.17, 15) is 13.6 Å². The summed E-state index contributed by atoms with van der Waals surface area (Å²) in [5.41, 5.74) is 0.947. The molecule has 1 rings (SSSR count). The average molecular weight is 212 g/mol. The van der Waals surface area contributed by atoms with E-state index in [4.69, 9.17) is 0 Å². The Morgan fingerprint density at radius 1 is 1.33 bits per heavy atom. The topological polar surface area (TPSA) is 26.3 Å². The monoisotopic (exact) mass is 212 g/mol. The smallest absolute Gasteiger partial charge is 0.387 e. The van der Waals surface area contributed by atoms with Gasteiger partial charge in [0.2, 0.25) is 0 Å². The lowest BCUT2D eigenvalue weighted by Gasteiger charge is -2.05. The van der Waals surface area contributed by atoms with Crippen molar-refractivity contribution in [2.45, 2.75) is 13.5 Å². The molecule has 0 saturated heterocycles. The first-order valence-corrected chi connectivity index (χ1v) is 4.26. The van der Waals surface area contributed by atoms with Crippen molar-refractivity contribution in [3.63, 3.8) is 0 Å². The Kier molecular flexibility index (Phi) is 3.55. The molecule has 2 nitrogen and oxygen atoms in total. The summed E-state index contributed by atoms with van der Waals surface area (Å²) < 4.78 is 27.8. The maximum Gasteiger partial charge on any atom is 0.387 e. The number of ether oxygens (including phenoxy) is 1. The second kappa shape index (κ2) is 4.68. The van der Waals surface area contributed by atoms with Crippen LogP contribution in [0.25, 0.3) is 5.57 Å². The molecule has 0 aliphatic carbocycles. The molecule has 1 aromatic carbocycles. The van der Waals surface area contributed by atoms with Gasteiger partial charge < -0.3 is 4.74 Å². The Hall–Kier alpha value is -1.71. The Morgan fingerprint density at radius 2 is 1.87 bits per heavy atom. The molecule has 0 atom stereocenters. The summed E-state index contributed by atoms with van der Waals surface area (Å²) in [5.74, 6) is -0.0948. The Labute approximate surface area is 86.2 Å². The van der Waals surface area contributed by atoms with E-state index in [2.05, 4.69) is 11.3 Å². The van der Waals surface area contributed by atoms with Crippen LogP contribution >= 0.6 is 0 Å². The van der Waals surface area contributed by atoms with Crippen LogP contribution in [0.4, 0.5) is 8.78 Å². The highest BCUT2D eigenvalue weighted by atomic mass is 19.3. The molecule has 0 N–H and O–H groups in total. The fraction of sp³-hybridized carbons (Fsp3) is 0.182. The molecule has 0 unspecified atom stereocenters. The summed E-state index contributed by atoms with van der Waals surface area (Å²) in [7, 11) is 0. The Morgan fingerprint density at radius 3 is 2.27 bits per heavy atom. The molecule has 4 heteroatoms. The SMILES string of the molecule is C=C(C(C)=O)c1ccc(OC(F)F)cc1. The van der Waals surface area contributed by atoms with E-state index >= 15 is 0 Å². The van der Waals surface area contributed by atoms with Crippen LogP contribution in [0.1, 0.15) is 12.5 Å². The molecule has 0 radical (unpaired) electrons. The number of carbonyl (C=O) groups excluding carboxylic acids is 1. The van der Waals surface area contributed by atoms with Crippen LogP contribution in [-0.2, 0) is 4.79 Å². The van der Waals surface area contributed by atoms with Gasteiger partial charge in [0.05, 0.1) is 0 Å². The van der Waals surface area contributed by atoms with Crippen LogP contribution in [0.5, 0.6) is 5.75 Å². The van der Waals surface area contributed by atoms with Gasteiger partial charge >= 0.3 is 6.61 Å². The molecular weight excluding hydrogens is 202 g/mol. The molecule has 0 spiro atoms. The van der Waals surface area contributed by atoms with E-state index in [1.807, 2.05) is 0 Å². The average Bonchev–Trinajstić information content (AvgIpc) is 2.17. The molecule has 1 aromatic rings. The minimum Gasteiger partial charge on any atom is -0.435 e. The Bertz CT molecular complexity index is 369. The van der Waals surface area contributed by atoms with Crippen molar-refractivity contribution >= 4 is 11.4 Å². The number of Topliss-reactive ketones (excluding diaryl/α,β-unsaturated/α-hetero) is 1. The number of halogens is 2. The quantitative estimate of drug-likeness (QED) is 0.717. The molecule has 0 amide bonds. The van der Waals surface area contributed by atoms with Gasteiger partial charge in [-0.2, -0.15) is 8.78 Å². The van der Waals surface area contributed by atoms with E-state index in [1.165, 1.54) is 31.2 Å².